The number of aromatic nitrogens is 1. The van der Waals surface area contributed by atoms with Crippen LogP contribution in [0.1, 0.15) is 10.4 Å². The molecule has 1 N–H and O–H groups in total. The van der Waals surface area contributed by atoms with Crippen LogP contribution in [0.3, 0.4) is 0 Å². The number of benzene rings is 1. The lowest BCUT2D eigenvalue weighted by Gasteiger charge is -2.08. The molecule has 0 atom stereocenters. The topological polar surface area (TPSA) is 42.0 Å². The number of anilines is 1. The van der Waals surface area contributed by atoms with Crippen molar-refractivity contribution in [2.24, 2.45) is 0 Å². The quantitative estimate of drug-likeness (QED) is 0.658. The maximum absolute atomic E-state index is 13.5. The van der Waals surface area contributed by atoms with E-state index < -0.39 is 17.5 Å². The predicted octanol–water partition coefficient (Wildman–Crippen LogP) is 4.03. The van der Waals surface area contributed by atoms with Crippen molar-refractivity contribution in [2.45, 2.75) is 0 Å². The number of hydrogen-bond donors (Lipinski definition) is 1. The summed E-state index contributed by atoms with van der Waals surface area (Å²) in [6.45, 7) is 0. The third-order valence-electron chi connectivity index (χ3n) is 2.26. The lowest BCUT2D eigenvalue weighted by molar-refractivity contribution is 0.102. The SMILES string of the molecule is O=C(Nc1cc(F)c(Br)cc1F)c1cccnc1Cl. The zero-order valence-electron chi connectivity index (χ0n) is 9.25. The Labute approximate surface area is 120 Å². The second-order valence-electron chi connectivity index (χ2n) is 3.54. The van der Waals surface area contributed by atoms with E-state index in [4.69, 9.17) is 11.6 Å². The molecule has 1 aromatic carbocycles. The van der Waals surface area contributed by atoms with Gasteiger partial charge in [-0.05, 0) is 34.1 Å². The molecule has 3 nitrogen and oxygen atoms in total. The van der Waals surface area contributed by atoms with Gasteiger partial charge >= 0.3 is 0 Å². The second kappa shape index (κ2) is 5.63. The average Bonchev–Trinajstić information content (AvgIpc) is 2.36. The summed E-state index contributed by atoms with van der Waals surface area (Å²) in [5.41, 5.74) is -0.197. The first-order valence-electron chi connectivity index (χ1n) is 5.05. The molecular weight excluding hydrogens is 341 g/mol. The summed E-state index contributed by atoms with van der Waals surface area (Å²) in [4.78, 5) is 15.6. The molecule has 0 spiro atoms. The molecule has 1 aromatic heterocycles. The second-order valence-corrected chi connectivity index (χ2v) is 4.75. The summed E-state index contributed by atoms with van der Waals surface area (Å²) in [5.74, 6) is -2.12. The third kappa shape index (κ3) is 3.08. The van der Waals surface area contributed by atoms with E-state index in [0.717, 1.165) is 12.1 Å². The van der Waals surface area contributed by atoms with Crippen molar-refractivity contribution in [3.8, 4) is 0 Å². The number of pyridine rings is 1. The van der Waals surface area contributed by atoms with Crippen LogP contribution in [0.5, 0.6) is 0 Å². The van der Waals surface area contributed by atoms with E-state index in [2.05, 4.69) is 26.2 Å². The zero-order valence-corrected chi connectivity index (χ0v) is 11.6. The number of nitrogens with one attached hydrogen (secondary N) is 1. The summed E-state index contributed by atoms with van der Waals surface area (Å²) in [7, 11) is 0. The fraction of sp³-hybridized carbons (Fsp3) is 0. The van der Waals surface area contributed by atoms with Gasteiger partial charge in [-0.25, -0.2) is 13.8 Å². The molecule has 0 saturated heterocycles. The minimum absolute atomic E-state index is 0.0157. The van der Waals surface area contributed by atoms with E-state index in [-0.39, 0.29) is 20.9 Å². The minimum Gasteiger partial charge on any atom is -0.319 e. The average molecular weight is 348 g/mol. The number of hydrogen-bond acceptors (Lipinski definition) is 2. The van der Waals surface area contributed by atoms with E-state index in [0.29, 0.717) is 0 Å². The van der Waals surface area contributed by atoms with Gasteiger partial charge in [-0.15, -0.1) is 0 Å². The van der Waals surface area contributed by atoms with Crippen molar-refractivity contribution < 1.29 is 13.6 Å². The molecular formula is C12H6BrClF2N2O. The zero-order chi connectivity index (χ0) is 14.0. The highest BCUT2D eigenvalue weighted by Crippen LogP contribution is 2.24. The first kappa shape index (κ1) is 13.9. The highest BCUT2D eigenvalue weighted by Gasteiger charge is 2.14. The van der Waals surface area contributed by atoms with Gasteiger partial charge < -0.3 is 5.32 Å². The normalized spacial score (nSPS) is 10.3. The van der Waals surface area contributed by atoms with Crippen LogP contribution in [-0.2, 0) is 0 Å². The third-order valence-corrected chi connectivity index (χ3v) is 3.17. The van der Waals surface area contributed by atoms with Gasteiger partial charge in [0.05, 0.1) is 15.7 Å². The summed E-state index contributed by atoms with van der Waals surface area (Å²) < 4.78 is 26.8. The molecule has 0 unspecified atom stereocenters. The highest BCUT2D eigenvalue weighted by molar-refractivity contribution is 9.10. The van der Waals surface area contributed by atoms with Gasteiger partial charge in [-0.2, -0.15) is 0 Å². The van der Waals surface area contributed by atoms with Crippen LogP contribution in [0.2, 0.25) is 5.15 Å². The monoisotopic (exact) mass is 346 g/mol. The number of carbonyl (C=O) groups is 1. The van der Waals surface area contributed by atoms with Crippen LogP contribution in [0, 0.1) is 11.6 Å². The molecule has 0 saturated carbocycles. The molecule has 7 heteroatoms. The minimum atomic E-state index is -0.762. The Morgan fingerprint density at radius 3 is 2.74 bits per heavy atom. The fourth-order valence-electron chi connectivity index (χ4n) is 1.36. The van der Waals surface area contributed by atoms with Gasteiger partial charge in [-0.3, -0.25) is 4.79 Å². The maximum Gasteiger partial charge on any atom is 0.258 e. The molecule has 0 aliphatic carbocycles. The van der Waals surface area contributed by atoms with Gasteiger partial charge in [0.1, 0.15) is 16.8 Å². The van der Waals surface area contributed by atoms with Gasteiger partial charge in [0.15, 0.2) is 0 Å². The van der Waals surface area contributed by atoms with Crippen LogP contribution in [0.15, 0.2) is 34.9 Å². The smallest absolute Gasteiger partial charge is 0.258 e. The van der Waals surface area contributed by atoms with E-state index in [1.54, 1.807) is 0 Å². The standard InChI is InChI=1S/C12H6BrClF2N2O/c13-7-4-9(16)10(5-8(7)15)18-12(19)6-2-1-3-17-11(6)14/h1-5H,(H,18,19). The Kier molecular flexibility index (Phi) is 4.11. The van der Waals surface area contributed by atoms with E-state index in [1.165, 1.54) is 18.3 Å². The molecule has 1 amide bonds. The first-order valence-corrected chi connectivity index (χ1v) is 6.22. The Hall–Kier alpha value is -1.53. The van der Waals surface area contributed by atoms with Crippen molar-refractivity contribution in [3.63, 3.8) is 0 Å². The van der Waals surface area contributed by atoms with Gasteiger partial charge in [0, 0.05) is 12.3 Å². The molecule has 0 aliphatic rings. The van der Waals surface area contributed by atoms with Crippen LogP contribution in [-0.4, -0.2) is 10.9 Å². The van der Waals surface area contributed by atoms with E-state index in [9.17, 15) is 13.6 Å². The van der Waals surface area contributed by atoms with Crippen LogP contribution < -0.4 is 5.32 Å². The lowest BCUT2D eigenvalue weighted by Crippen LogP contribution is -2.14. The molecule has 2 rings (SSSR count). The molecule has 0 aliphatic heterocycles. The number of amides is 1. The molecule has 0 fully saturated rings. The lowest BCUT2D eigenvalue weighted by atomic mass is 10.2. The number of carbonyl (C=O) groups excluding carboxylic acids is 1. The van der Waals surface area contributed by atoms with Crippen molar-refractivity contribution in [2.75, 3.05) is 5.32 Å². The van der Waals surface area contributed by atoms with Crippen molar-refractivity contribution in [1.82, 2.24) is 4.98 Å². The maximum atomic E-state index is 13.5. The van der Waals surface area contributed by atoms with Crippen LogP contribution in [0.4, 0.5) is 14.5 Å². The predicted molar refractivity (Wildman–Crippen MR) is 71.3 cm³/mol. The summed E-state index contributed by atoms with van der Waals surface area (Å²) >= 11 is 8.58. The van der Waals surface area contributed by atoms with E-state index in [1.807, 2.05) is 0 Å². The Morgan fingerprint density at radius 2 is 2.05 bits per heavy atom. The van der Waals surface area contributed by atoms with Crippen molar-refractivity contribution in [1.29, 1.82) is 0 Å². The fourth-order valence-corrected chi connectivity index (χ4v) is 1.88. The Morgan fingerprint density at radius 1 is 1.32 bits per heavy atom. The Bertz CT molecular complexity index is 652. The Balaban J connectivity index is 2.30. The van der Waals surface area contributed by atoms with Crippen LogP contribution in [0.25, 0.3) is 0 Å². The van der Waals surface area contributed by atoms with Gasteiger partial charge in [0.25, 0.3) is 5.91 Å². The number of rotatable bonds is 2. The summed E-state index contributed by atoms with van der Waals surface area (Å²) in [6.07, 6.45) is 1.42. The largest absolute Gasteiger partial charge is 0.319 e. The summed E-state index contributed by atoms with van der Waals surface area (Å²) in [6, 6.07) is 4.74. The number of halogens is 4. The van der Waals surface area contributed by atoms with Gasteiger partial charge in [0.2, 0.25) is 0 Å². The van der Waals surface area contributed by atoms with Gasteiger partial charge in [-0.1, -0.05) is 11.6 Å². The van der Waals surface area contributed by atoms with Crippen LogP contribution >= 0.6 is 27.5 Å². The number of nitrogens with zero attached hydrogens (tertiary/aromatic N) is 1. The molecule has 19 heavy (non-hydrogen) atoms. The van der Waals surface area contributed by atoms with Crippen molar-refractivity contribution in [3.05, 3.63) is 57.3 Å². The molecule has 1 heterocycles. The first-order chi connectivity index (χ1) is 8.99. The molecule has 0 radical (unpaired) electrons. The van der Waals surface area contributed by atoms with E-state index >= 15 is 0 Å². The highest BCUT2D eigenvalue weighted by atomic mass is 79.9. The molecule has 98 valence electrons. The molecule has 0 bridgehead atoms. The summed E-state index contributed by atoms with van der Waals surface area (Å²) in [5, 5.41) is 2.22. The molecule has 2 aromatic rings. The van der Waals surface area contributed by atoms with Crippen molar-refractivity contribution >= 4 is 39.1 Å².